The molecular formula is C19H23N5O6. The molecule has 1 aliphatic rings. The number of ether oxygens (including phenoxy) is 2. The van der Waals surface area contributed by atoms with Crippen LogP contribution in [0.25, 0.3) is 11.2 Å². The van der Waals surface area contributed by atoms with Crippen molar-refractivity contribution in [3.63, 3.8) is 0 Å². The third-order valence-electron chi connectivity index (χ3n) is 5.10. The smallest absolute Gasteiger partial charge is 0.167 e. The van der Waals surface area contributed by atoms with Crippen LogP contribution in [0.4, 0.5) is 5.82 Å². The summed E-state index contributed by atoms with van der Waals surface area (Å²) in [6.45, 7) is 0.114. The Hall–Kier alpha value is -2.99. The molecule has 30 heavy (non-hydrogen) atoms. The molecule has 5 N–H and O–H groups in total. The van der Waals surface area contributed by atoms with Crippen molar-refractivity contribution in [2.45, 2.75) is 31.0 Å². The first-order valence-electron chi connectivity index (χ1n) is 9.43. The van der Waals surface area contributed by atoms with Gasteiger partial charge in [-0.25, -0.2) is 15.0 Å². The van der Waals surface area contributed by atoms with Gasteiger partial charge >= 0.3 is 0 Å². The van der Waals surface area contributed by atoms with E-state index in [0.29, 0.717) is 35.7 Å². The number of imidazole rings is 1. The van der Waals surface area contributed by atoms with Gasteiger partial charge in [-0.3, -0.25) is 4.57 Å². The number of phenolic OH excluding ortho intramolecular Hbond substituents is 1. The van der Waals surface area contributed by atoms with E-state index in [1.54, 1.807) is 12.1 Å². The number of aliphatic hydroxyl groups is 3. The van der Waals surface area contributed by atoms with E-state index in [0.717, 1.165) is 5.56 Å². The van der Waals surface area contributed by atoms with Crippen molar-refractivity contribution in [2.24, 2.45) is 0 Å². The first kappa shape index (κ1) is 20.3. The maximum absolute atomic E-state index is 10.3. The third kappa shape index (κ3) is 3.63. The number of methoxy groups -OCH3 is 1. The Morgan fingerprint density at radius 1 is 1.20 bits per heavy atom. The molecule has 0 radical (unpaired) electrons. The number of rotatable bonds is 7. The van der Waals surface area contributed by atoms with Crippen LogP contribution in [0.15, 0.2) is 30.9 Å². The maximum atomic E-state index is 10.3. The Morgan fingerprint density at radius 2 is 2.03 bits per heavy atom. The molecule has 0 amide bonds. The molecular weight excluding hydrogens is 394 g/mol. The zero-order valence-electron chi connectivity index (χ0n) is 16.2. The van der Waals surface area contributed by atoms with Gasteiger partial charge in [-0.2, -0.15) is 0 Å². The molecule has 1 aromatic carbocycles. The third-order valence-corrected chi connectivity index (χ3v) is 5.10. The summed E-state index contributed by atoms with van der Waals surface area (Å²) in [6.07, 6.45) is -0.810. The minimum atomic E-state index is -1.23. The first-order chi connectivity index (χ1) is 14.5. The maximum Gasteiger partial charge on any atom is 0.167 e. The standard InChI is InChI=1S/C19H23N5O6/c1-29-12-3-2-10(6-11(12)26)4-5-20-17-14-18(22-8-21-17)24(9-23-14)19-16(28)15(27)13(7-25)30-19/h2-3,6,8-9,13,15-16,19,25-28H,4-5,7H2,1H3,(H,20,21,22)/t13-,15-,16-,19-/m1/s1. The molecule has 1 fully saturated rings. The summed E-state index contributed by atoms with van der Waals surface area (Å²) in [5.41, 5.74) is 1.82. The Kier molecular flexibility index (Phi) is 5.68. The topological polar surface area (TPSA) is 155 Å². The minimum Gasteiger partial charge on any atom is -0.504 e. The summed E-state index contributed by atoms with van der Waals surface area (Å²) >= 11 is 0. The molecule has 0 aliphatic carbocycles. The van der Waals surface area contributed by atoms with Crippen LogP contribution in [-0.4, -0.2) is 78.5 Å². The highest BCUT2D eigenvalue weighted by Crippen LogP contribution is 2.32. The summed E-state index contributed by atoms with van der Waals surface area (Å²) in [4.78, 5) is 12.8. The second-order valence-corrected chi connectivity index (χ2v) is 6.96. The fourth-order valence-electron chi connectivity index (χ4n) is 3.49. The van der Waals surface area contributed by atoms with Crippen LogP contribution < -0.4 is 10.1 Å². The first-order valence-corrected chi connectivity index (χ1v) is 9.43. The predicted octanol–water partition coefficient (Wildman–Crippen LogP) is -0.193. The molecule has 0 saturated carbocycles. The van der Waals surface area contributed by atoms with Gasteiger partial charge in [0.05, 0.1) is 20.0 Å². The summed E-state index contributed by atoms with van der Waals surface area (Å²) in [5.74, 6) is 1.000. The Balaban J connectivity index is 1.49. The zero-order valence-corrected chi connectivity index (χ0v) is 16.2. The highest BCUT2D eigenvalue weighted by molar-refractivity contribution is 5.82. The lowest BCUT2D eigenvalue weighted by Crippen LogP contribution is -2.33. The number of aromatic nitrogens is 4. The monoisotopic (exact) mass is 417 g/mol. The van der Waals surface area contributed by atoms with E-state index in [9.17, 15) is 20.4 Å². The van der Waals surface area contributed by atoms with Gasteiger partial charge in [-0.15, -0.1) is 0 Å². The van der Waals surface area contributed by atoms with Gasteiger partial charge in [-0.05, 0) is 24.1 Å². The van der Waals surface area contributed by atoms with Gasteiger partial charge in [0.2, 0.25) is 0 Å². The van der Waals surface area contributed by atoms with Gasteiger partial charge in [0, 0.05) is 6.54 Å². The molecule has 3 aromatic rings. The van der Waals surface area contributed by atoms with Crippen LogP contribution in [0.1, 0.15) is 11.8 Å². The second-order valence-electron chi connectivity index (χ2n) is 6.96. The summed E-state index contributed by atoms with van der Waals surface area (Å²) in [6, 6.07) is 5.22. The van der Waals surface area contributed by atoms with E-state index in [-0.39, 0.29) is 5.75 Å². The molecule has 4 atom stereocenters. The number of hydrogen-bond donors (Lipinski definition) is 5. The zero-order chi connectivity index (χ0) is 21.3. The van der Waals surface area contributed by atoms with Crippen LogP contribution in [0.2, 0.25) is 0 Å². The number of phenols is 1. The largest absolute Gasteiger partial charge is 0.504 e. The quantitative estimate of drug-likeness (QED) is 0.349. The van der Waals surface area contributed by atoms with Gasteiger partial charge < -0.3 is 35.2 Å². The summed E-state index contributed by atoms with van der Waals surface area (Å²) in [5, 5.41) is 42.6. The molecule has 0 unspecified atom stereocenters. The van der Waals surface area contributed by atoms with Crippen LogP contribution in [0.3, 0.4) is 0 Å². The lowest BCUT2D eigenvalue weighted by molar-refractivity contribution is -0.0511. The minimum absolute atomic E-state index is 0.0802. The average Bonchev–Trinajstić information content (AvgIpc) is 3.30. The number of hydrogen-bond acceptors (Lipinski definition) is 10. The van der Waals surface area contributed by atoms with Crippen LogP contribution in [0.5, 0.6) is 11.5 Å². The number of aromatic hydroxyl groups is 1. The number of anilines is 1. The predicted molar refractivity (Wildman–Crippen MR) is 105 cm³/mol. The highest BCUT2D eigenvalue weighted by Gasteiger charge is 2.44. The second kappa shape index (κ2) is 8.40. The van der Waals surface area contributed by atoms with Crippen LogP contribution >= 0.6 is 0 Å². The van der Waals surface area contributed by atoms with E-state index in [2.05, 4.69) is 20.3 Å². The normalized spacial score (nSPS) is 23.7. The fourth-order valence-corrected chi connectivity index (χ4v) is 3.49. The lowest BCUT2D eigenvalue weighted by atomic mass is 10.1. The molecule has 4 rings (SSSR count). The highest BCUT2D eigenvalue weighted by atomic mass is 16.6. The Labute approximate surface area is 171 Å². The van der Waals surface area contributed by atoms with Crippen molar-refractivity contribution in [2.75, 3.05) is 25.6 Å². The van der Waals surface area contributed by atoms with Crippen molar-refractivity contribution >= 4 is 17.0 Å². The molecule has 2 aromatic heterocycles. The number of nitrogens with zero attached hydrogens (tertiary/aromatic N) is 4. The molecule has 160 valence electrons. The van der Waals surface area contributed by atoms with Crippen LogP contribution in [-0.2, 0) is 11.2 Å². The molecule has 3 heterocycles. The number of nitrogens with one attached hydrogen (secondary N) is 1. The van der Waals surface area contributed by atoms with E-state index in [4.69, 9.17) is 9.47 Å². The van der Waals surface area contributed by atoms with Crippen molar-refractivity contribution in [3.05, 3.63) is 36.4 Å². The molecule has 0 spiro atoms. The summed E-state index contributed by atoms with van der Waals surface area (Å²) < 4.78 is 12.1. The van der Waals surface area contributed by atoms with E-state index >= 15 is 0 Å². The molecule has 1 aliphatic heterocycles. The number of fused-ring (bicyclic) bond motifs is 1. The Bertz CT molecular complexity index is 1030. The summed E-state index contributed by atoms with van der Waals surface area (Å²) in [7, 11) is 1.50. The van der Waals surface area contributed by atoms with Crippen molar-refractivity contribution in [1.29, 1.82) is 0 Å². The average molecular weight is 417 g/mol. The fraction of sp³-hybridized carbons (Fsp3) is 0.421. The van der Waals surface area contributed by atoms with E-state index in [1.165, 1.54) is 24.3 Å². The van der Waals surface area contributed by atoms with Crippen molar-refractivity contribution in [3.8, 4) is 11.5 Å². The van der Waals surface area contributed by atoms with E-state index in [1.807, 2.05) is 6.07 Å². The lowest BCUT2D eigenvalue weighted by Gasteiger charge is -2.16. The number of benzene rings is 1. The molecule has 11 nitrogen and oxygen atoms in total. The van der Waals surface area contributed by atoms with Crippen molar-refractivity contribution < 1.29 is 29.9 Å². The van der Waals surface area contributed by atoms with Crippen LogP contribution in [0, 0.1) is 0 Å². The molecule has 1 saturated heterocycles. The van der Waals surface area contributed by atoms with E-state index < -0.39 is 31.1 Å². The van der Waals surface area contributed by atoms with Gasteiger partial charge in [-0.1, -0.05) is 6.07 Å². The van der Waals surface area contributed by atoms with Gasteiger partial charge in [0.15, 0.2) is 34.7 Å². The van der Waals surface area contributed by atoms with Gasteiger partial charge in [0.1, 0.15) is 24.6 Å². The Morgan fingerprint density at radius 3 is 2.73 bits per heavy atom. The van der Waals surface area contributed by atoms with Crippen molar-refractivity contribution in [1.82, 2.24) is 19.5 Å². The molecule has 11 heteroatoms. The number of aliphatic hydroxyl groups excluding tert-OH is 3. The molecule has 0 bridgehead atoms. The SMILES string of the molecule is COc1ccc(CCNc2ncnc3c2ncn3[C@@H]2O[C@H](CO)[C@@H](O)[C@H]2O)cc1O. The van der Waals surface area contributed by atoms with Gasteiger partial charge in [0.25, 0.3) is 0 Å².